The van der Waals surface area contributed by atoms with Crippen LogP contribution in [0.25, 0.3) is 0 Å². The van der Waals surface area contributed by atoms with Crippen LogP contribution in [0, 0.1) is 5.92 Å². The molecule has 2 amide bonds. The van der Waals surface area contributed by atoms with E-state index >= 15 is 0 Å². The van der Waals surface area contributed by atoms with Gasteiger partial charge in [-0.25, -0.2) is 0 Å². The summed E-state index contributed by atoms with van der Waals surface area (Å²) in [7, 11) is 0. The van der Waals surface area contributed by atoms with Crippen molar-refractivity contribution in [2.75, 3.05) is 0 Å². The molecule has 0 radical (unpaired) electrons. The molecule has 2 rings (SSSR count). The first-order valence-electron chi connectivity index (χ1n) is 6.15. The number of hydrogen-bond acceptors (Lipinski definition) is 2. The molecule has 0 saturated heterocycles. The lowest BCUT2D eigenvalue weighted by Gasteiger charge is -2.25. The molecular formula is C13H19NO2. The largest absolute Gasteiger partial charge is 0.272 e. The van der Waals surface area contributed by atoms with Crippen molar-refractivity contribution in [3.63, 3.8) is 0 Å². The summed E-state index contributed by atoms with van der Waals surface area (Å²) in [6.07, 6.45) is 6.89. The van der Waals surface area contributed by atoms with E-state index in [2.05, 4.69) is 6.92 Å². The van der Waals surface area contributed by atoms with Crippen molar-refractivity contribution < 1.29 is 9.59 Å². The van der Waals surface area contributed by atoms with Gasteiger partial charge < -0.3 is 0 Å². The van der Waals surface area contributed by atoms with E-state index < -0.39 is 0 Å². The number of nitrogens with zero attached hydrogens (tertiary/aromatic N) is 1. The Morgan fingerprint density at radius 2 is 1.94 bits per heavy atom. The average Bonchev–Trinajstić information content (AvgIpc) is 2.42. The van der Waals surface area contributed by atoms with Gasteiger partial charge in [-0.15, -0.1) is 0 Å². The van der Waals surface area contributed by atoms with Crippen LogP contribution in [0.3, 0.4) is 0 Å². The first-order valence-corrected chi connectivity index (χ1v) is 6.15. The van der Waals surface area contributed by atoms with Gasteiger partial charge in [-0.1, -0.05) is 19.8 Å². The third-order valence-corrected chi connectivity index (χ3v) is 3.73. The molecule has 0 spiro atoms. The smallest absolute Gasteiger partial charge is 0.256 e. The molecule has 16 heavy (non-hydrogen) atoms. The number of imide groups is 1. The highest BCUT2D eigenvalue weighted by molar-refractivity contribution is 6.16. The van der Waals surface area contributed by atoms with Gasteiger partial charge >= 0.3 is 0 Å². The molecule has 0 bridgehead atoms. The molecule has 1 fully saturated rings. The molecule has 2 unspecified atom stereocenters. The highest BCUT2D eigenvalue weighted by Crippen LogP contribution is 2.28. The number of rotatable bonds is 1. The first kappa shape index (κ1) is 11.4. The zero-order valence-corrected chi connectivity index (χ0v) is 10.0. The molecule has 88 valence electrons. The Labute approximate surface area is 96.5 Å². The second-order valence-electron chi connectivity index (χ2n) is 5.11. The zero-order valence-electron chi connectivity index (χ0n) is 10.0. The molecule has 3 nitrogen and oxygen atoms in total. The van der Waals surface area contributed by atoms with Crippen molar-refractivity contribution in [2.45, 2.75) is 52.0 Å². The summed E-state index contributed by atoms with van der Waals surface area (Å²) >= 11 is 0. The van der Waals surface area contributed by atoms with Crippen LogP contribution in [0.2, 0.25) is 0 Å². The molecule has 1 saturated carbocycles. The van der Waals surface area contributed by atoms with Crippen LogP contribution in [-0.4, -0.2) is 22.8 Å². The summed E-state index contributed by atoms with van der Waals surface area (Å²) in [5, 5.41) is 0. The van der Waals surface area contributed by atoms with Crippen molar-refractivity contribution in [3.05, 3.63) is 11.6 Å². The predicted molar refractivity (Wildman–Crippen MR) is 61.6 cm³/mol. The van der Waals surface area contributed by atoms with Gasteiger partial charge in [-0.3, -0.25) is 14.5 Å². The molecule has 1 aliphatic heterocycles. The minimum absolute atomic E-state index is 0.0791. The van der Waals surface area contributed by atoms with Crippen molar-refractivity contribution in [2.24, 2.45) is 5.92 Å². The number of amides is 2. The Bertz CT molecular complexity index is 346. The zero-order chi connectivity index (χ0) is 11.7. The predicted octanol–water partition coefficient (Wildman–Crippen LogP) is 2.27. The van der Waals surface area contributed by atoms with E-state index in [0.29, 0.717) is 5.57 Å². The van der Waals surface area contributed by atoms with E-state index in [9.17, 15) is 9.59 Å². The highest BCUT2D eigenvalue weighted by Gasteiger charge is 2.34. The molecule has 3 heteroatoms. The van der Waals surface area contributed by atoms with Crippen molar-refractivity contribution in [1.82, 2.24) is 4.90 Å². The summed E-state index contributed by atoms with van der Waals surface area (Å²) in [6.45, 7) is 3.97. The van der Waals surface area contributed by atoms with Gasteiger partial charge in [0.05, 0.1) is 0 Å². The quantitative estimate of drug-likeness (QED) is 0.503. The van der Waals surface area contributed by atoms with Crippen LogP contribution in [0.15, 0.2) is 11.6 Å². The molecule has 0 aromatic heterocycles. The van der Waals surface area contributed by atoms with Crippen LogP contribution in [-0.2, 0) is 9.59 Å². The van der Waals surface area contributed by atoms with Gasteiger partial charge in [0, 0.05) is 17.7 Å². The van der Waals surface area contributed by atoms with Crippen LogP contribution in [0.5, 0.6) is 0 Å². The van der Waals surface area contributed by atoms with E-state index in [4.69, 9.17) is 0 Å². The Balaban J connectivity index is 2.08. The Morgan fingerprint density at radius 1 is 1.19 bits per heavy atom. The van der Waals surface area contributed by atoms with Gasteiger partial charge in [-0.05, 0) is 32.1 Å². The summed E-state index contributed by atoms with van der Waals surface area (Å²) in [6, 6.07) is 0.138. The summed E-state index contributed by atoms with van der Waals surface area (Å²) in [5.41, 5.74) is 0.585. The summed E-state index contributed by atoms with van der Waals surface area (Å²) in [4.78, 5) is 25.0. The van der Waals surface area contributed by atoms with E-state index in [-0.39, 0.29) is 17.9 Å². The molecule has 1 aliphatic carbocycles. The van der Waals surface area contributed by atoms with Crippen LogP contribution in [0.1, 0.15) is 46.0 Å². The lowest BCUT2D eigenvalue weighted by Crippen LogP contribution is -2.40. The normalized spacial score (nSPS) is 31.6. The van der Waals surface area contributed by atoms with Crippen molar-refractivity contribution >= 4 is 11.8 Å². The fraction of sp³-hybridized carbons (Fsp3) is 0.692. The molecule has 0 aromatic carbocycles. The van der Waals surface area contributed by atoms with Gasteiger partial charge in [0.2, 0.25) is 0 Å². The minimum Gasteiger partial charge on any atom is -0.272 e. The van der Waals surface area contributed by atoms with E-state index in [1.165, 1.54) is 17.4 Å². The van der Waals surface area contributed by atoms with Crippen molar-refractivity contribution in [1.29, 1.82) is 0 Å². The molecule has 0 aromatic rings. The lowest BCUT2D eigenvalue weighted by atomic mass is 10.0. The number of carbonyl (C=O) groups excluding carboxylic acids is 2. The summed E-state index contributed by atoms with van der Waals surface area (Å²) in [5.74, 6) is 0.540. The standard InChI is InChI=1S/C13H19NO2/c1-9-4-3-5-11(7-6-9)14-12(15)8-10(2)13(14)16/h8-9,11H,3-7H2,1-2H3. The average molecular weight is 221 g/mol. The van der Waals surface area contributed by atoms with E-state index in [1.54, 1.807) is 6.92 Å². The minimum atomic E-state index is -0.109. The maximum Gasteiger partial charge on any atom is 0.256 e. The van der Waals surface area contributed by atoms with Crippen LogP contribution >= 0.6 is 0 Å². The monoisotopic (exact) mass is 221 g/mol. The topological polar surface area (TPSA) is 37.4 Å². The second kappa shape index (κ2) is 4.40. The van der Waals surface area contributed by atoms with Gasteiger partial charge in [0.25, 0.3) is 11.8 Å². The molecule has 2 atom stereocenters. The van der Waals surface area contributed by atoms with E-state index in [0.717, 1.165) is 31.6 Å². The third-order valence-electron chi connectivity index (χ3n) is 3.73. The maximum atomic E-state index is 11.8. The van der Waals surface area contributed by atoms with E-state index in [1.807, 2.05) is 0 Å². The lowest BCUT2D eigenvalue weighted by molar-refractivity contribution is -0.140. The van der Waals surface area contributed by atoms with Crippen LogP contribution < -0.4 is 0 Å². The molecule has 0 N–H and O–H groups in total. The fourth-order valence-electron chi connectivity index (χ4n) is 2.68. The highest BCUT2D eigenvalue weighted by atomic mass is 16.2. The van der Waals surface area contributed by atoms with Crippen molar-refractivity contribution in [3.8, 4) is 0 Å². The molecule has 2 aliphatic rings. The second-order valence-corrected chi connectivity index (χ2v) is 5.11. The fourth-order valence-corrected chi connectivity index (χ4v) is 2.68. The summed E-state index contributed by atoms with van der Waals surface area (Å²) < 4.78 is 0. The Kier molecular flexibility index (Phi) is 3.13. The Hall–Kier alpha value is -1.12. The maximum absolute atomic E-state index is 11.8. The van der Waals surface area contributed by atoms with Crippen LogP contribution in [0.4, 0.5) is 0 Å². The SMILES string of the molecule is CC1=CC(=O)N(C2CCCC(C)CC2)C1=O. The van der Waals surface area contributed by atoms with Gasteiger partial charge in [-0.2, -0.15) is 0 Å². The molecule has 1 heterocycles. The third kappa shape index (κ3) is 2.04. The van der Waals surface area contributed by atoms with Gasteiger partial charge in [0.1, 0.15) is 0 Å². The number of hydrogen-bond donors (Lipinski definition) is 0. The Morgan fingerprint density at radius 3 is 2.56 bits per heavy atom. The number of carbonyl (C=O) groups is 2. The van der Waals surface area contributed by atoms with Gasteiger partial charge in [0.15, 0.2) is 0 Å². The molecular weight excluding hydrogens is 202 g/mol. The first-order chi connectivity index (χ1) is 7.59.